The molecule has 0 saturated heterocycles. The van der Waals surface area contributed by atoms with Crippen molar-refractivity contribution in [2.45, 2.75) is 26.1 Å². The van der Waals surface area contributed by atoms with Crippen LogP contribution in [0.25, 0.3) is 0 Å². The maximum Gasteiger partial charge on any atom is 0.433 e. The molecular weight excluding hydrogens is 275 g/mol. The van der Waals surface area contributed by atoms with Crippen molar-refractivity contribution in [2.75, 3.05) is 18.5 Å². The van der Waals surface area contributed by atoms with Crippen molar-refractivity contribution < 1.29 is 22.7 Å². The van der Waals surface area contributed by atoms with Crippen LogP contribution >= 0.6 is 0 Å². The Morgan fingerprint density at radius 2 is 2.15 bits per heavy atom. The zero-order valence-electron chi connectivity index (χ0n) is 11.1. The summed E-state index contributed by atoms with van der Waals surface area (Å²) in [5.41, 5.74) is 3.92. The van der Waals surface area contributed by atoms with Gasteiger partial charge in [0, 0.05) is 13.2 Å². The molecule has 20 heavy (non-hydrogen) atoms. The van der Waals surface area contributed by atoms with Gasteiger partial charge in [0.25, 0.3) is 5.91 Å². The number of alkyl halides is 3. The summed E-state index contributed by atoms with van der Waals surface area (Å²) in [6, 6.07) is 1.73. The van der Waals surface area contributed by atoms with E-state index >= 15 is 0 Å². The van der Waals surface area contributed by atoms with Crippen molar-refractivity contribution in [3.63, 3.8) is 0 Å². The van der Waals surface area contributed by atoms with Gasteiger partial charge < -0.3 is 15.8 Å². The summed E-state index contributed by atoms with van der Waals surface area (Å²) in [4.78, 5) is 14.6. The van der Waals surface area contributed by atoms with E-state index in [1.54, 1.807) is 13.8 Å². The minimum atomic E-state index is -4.59. The van der Waals surface area contributed by atoms with Crippen LogP contribution in [-0.2, 0) is 10.9 Å². The Labute approximate surface area is 114 Å². The molecule has 0 saturated carbocycles. The first-order chi connectivity index (χ1) is 9.25. The summed E-state index contributed by atoms with van der Waals surface area (Å²) in [5.74, 6) is -1.04. The van der Waals surface area contributed by atoms with Crippen molar-refractivity contribution in [2.24, 2.45) is 5.73 Å². The van der Waals surface area contributed by atoms with Gasteiger partial charge in [-0.1, -0.05) is 0 Å². The molecule has 1 amide bonds. The summed E-state index contributed by atoms with van der Waals surface area (Å²) in [6.07, 6.45) is -4.82. The highest BCUT2D eigenvalue weighted by molar-refractivity contribution is 5.97. The maximum atomic E-state index is 12.6. The van der Waals surface area contributed by atoms with Crippen molar-refractivity contribution in [1.82, 2.24) is 4.98 Å². The van der Waals surface area contributed by atoms with Crippen LogP contribution < -0.4 is 11.1 Å². The number of hydrogen-bond acceptors (Lipinski definition) is 4. The van der Waals surface area contributed by atoms with Crippen LogP contribution in [0.4, 0.5) is 19.0 Å². The number of amides is 1. The Balaban J connectivity index is 2.98. The van der Waals surface area contributed by atoms with Crippen LogP contribution in [0.5, 0.6) is 0 Å². The Hall–Kier alpha value is -1.83. The number of halogens is 3. The largest absolute Gasteiger partial charge is 0.433 e. The number of rotatable bonds is 6. The van der Waals surface area contributed by atoms with Gasteiger partial charge >= 0.3 is 6.18 Å². The van der Waals surface area contributed by atoms with Crippen molar-refractivity contribution >= 4 is 11.7 Å². The Morgan fingerprint density at radius 1 is 1.50 bits per heavy atom. The van der Waals surface area contributed by atoms with Crippen LogP contribution in [0.3, 0.4) is 0 Å². The second-order valence-electron chi connectivity index (χ2n) is 4.10. The van der Waals surface area contributed by atoms with Gasteiger partial charge in [-0.3, -0.25) is 4.79 Å². The predicted octanol–water partition coefficient (Wildman–Crippen LogP) is 2.04. The average molecular weight is 291 g/mol. The molecule has 1 aromatic rings. The van der Waals surface area contributed by atoms with E-state index in [1.165, 1.54) is 0 Å². The van der Waals surface area contributed by atoms with E-state index in [9.17, 15) is 18.0 Å². The molecule has 5 nitrogen and oxygen atoms in total. The highest BCUT2D eigenvalue weighted by Crippen LogP contribution is 2.29. The molecule has 3 N–H and O–H groups in total. The smallest absolute Gasteiger partial charge is 0.377 e. The van der Waals surface area contributed by atoms with E-state index in [4.69, 9.17) is 10.5 Å². The highest BCUT2D eigenvalue weighted by Gasteiger charge is 2.33. The van der Waals surface area contributed by atoms with Gasteiger partial charge in [-0.05, 0) is 26.0 Å². The molecule has 1 heterocycles. The predicted molar refractivity (Wildman–Crippen MR) is 67.3 cm³/mol. The fourth-order valence-electron chi connectivity index (χ4n) is 1.53. The van der Waals surface area contributed by atoms with Gasteiger partial charge in [0.2, 0.25) is 0 Å². The zero-order chi connectivity index (χ0) is 15.3. The fourth-order valence-corrected chi connectivity index (χ4v) is 1.53. The van der Waals surface area contributed by atoms with E-state index in [0.29, 0.717) is 6.61 Å². The summed E-state index contributed by atoms with van der Waals surface area (Å²) in [7, 11) is 0. The Kier molecular flexibility index (Phi) is 5.32. The number of nitrogens with zero attached hydrogens (tertiary/aromatic N) is 1. The monoisotopic (exact) mass is 291 g/mol. The van der Waals surface area contributed by atoms with Crippen molar-refractivity contribution in [3.8, 4) is 0 Å². The third-order valence-electron chi connectivity index (χ3n) is 2.46. The minimum Gasteiger partial charge on any atom is -0.377 e. The van der Waals surface area contributed by atoms with E-state index in [-0.39, 0.29) is 24.0 Å². The van der Waals surface area contributed by atoms with Crippen molar-refractivity contribution in [1.29, 1.82) is 0 Å². The number of aromatic nitrogens is 1. The number of hydrogen-bond donors (Lipinski definition) is 2. The molecule has 1 rings (SSSR count). The number of ether oxygens (including phenoxy) is 1. The van der Waals surface area contributed by atoms with Crippen LogP contribution in [-0.4, -0.2) is 30.1 Å². The van der Waals surface area contributed by atoms with Crippen LogP contribution in [0.1, 0.15) is 29.9 Å². The van der Waals surface area contributed by atoms with Crippen LogP contribution in [0, 0.1) is 0 Å². The lowest BCUT2D eigenvalue weighted by atomic mass is 10.2. The summed E-state index contributed by atoms with van der Waals surface area (Å²) in [6.45, 7) is 4.23. The van der Waals surface area contributed by atoms with Gasteiger partial charge in [0.1, 0.15) is 11.5 Å². The first-order valence-electron chi connectivity index (χ1n) is 5.99. The van der Waals surface area contributed by atoms with E-state index in [0.717, 1.165) is 12.1 Å². The Morgan fingerprint density at radius 3 is 2.65 bits per heavy atom. The quantitative estimate of drug-likeness (QED) is 0.840. The molecule has 0 spiro atoms. The molecule has 0 fully saturated rings. The molecule has 0 bridgehead atoms. The summed E-state index contributed by atoms with van der Waals surface area (Å²) >= 11 is 0. The molecule has 1 aromatic heterocycles. The van der Waals surface area contributed by atoms with Crippen LogP contribution in [0.15, 0.2) is 12.1 Å². The van der Waals surface area contributed by atoms with Gasteiger partial charge in [0.15, 0.2) is 0 Å². The van der Waals surface area contributed by atoms with E-state index in [1.807, 2.05) is 0 Å². The molecule has 8 heteroatoms. The summed E-state index contributed by atoms with van der Waals surface area (Å²) < 4.78 is 43.0. The topological polar surface area (TPSA) is 77.2 Å². The molecule has 0 aromatic carbocycles. The molecule has 0 radical (unpaired) electrons. The lowest BCUT2D eigenvalue weighted by Gasteiger charge is -2.16. The van der Waals surface area contributed by atoms with Crippen LogP contribution in [0.2, 0.25) is 0 Å². The molecule has 0 aliphatic carbocycles. The standard InChI is InChI=1S/C12H16F3N3O2/c1-3-20-7(2)6-17-11-8(10(16)19)4-5-9(18-11)12(13,14)15/h4-5,7H,3,6H2,1-2H3,(H2,16,19)(H,17,18). The average Bonchev–Trinajstić information content (AvgIpc) is 2.35. The van der Waals surface area contributed by atoms with Gasteiger partial charge in [-0.25, -0.2) is 4.98 Å². The fraction of sp³-hybridized carbons (Fsp3) is 0.500. The number of anilines is 1. The van der Waals surface area contributed by atoms with Gasteiger partial charge in [-0.15, -0.1) is 0 Å². The number of carbonyl (C=O) groups is 1. The normalized spacial score (nSPS) is 13.1. The number of primary amides is 1. The minimum absolute atomic E-state index is 0.0956. The van der Waals surface area contributed by atoms with E-state index in [2.05, 4.69) is 10.3 Å². The molecule has 1 atom stereocenters. The van der Waals surface area contributed by atoms with E-state index < -0.39 is 17.8 Å². The van der Waals surface area contributed by atoms with Gasteiger partial charge in [-0.2, -0.15) is 13.2 Å². The maximum absolute atomic E-state index is 12.6. The second-order valence-corrected chi connectivity index (χ2v) is 4.10. The highest BCUT2D eigenvalue weighted by atomic mass is 19.4. The molecule has 112 valence electrons. The zero-order valence-corrected chi connectivity index (χ0v) is 11.1. The molecule has 0 aliphatic heterocycles. The first-order valence-corrected chi connectivity index (χ1v) is 5.99. The first kappa shape index (κ1) is 16.2. The third kappa shape index (κ3) is 4.37. The SMILES string of the molecule is CCOC(C)CNc1nc(C(F)(F)F)ccc1C(N)=O. The number of nitrogens with two attached hydrogens (primary N) is 1. The molecular formula is C12H16F3N3O2. The lowest BCUT2D eigenvalue weighted by Crippen LogP contribution is -2.24. The second kappa shape index (κ2) is 6.56. The summed E-state index contributed by atoms with van der Waals surface area (Å²) in [5, 5.41) is 2.65. The number of nitrogens with one attached hydrogen (secondary N) is 1. The number of pyridine rings is 1. The molecule has 0 aliphatic rings. The third-order valence-corrected chi connectivity index (χ3v) is 2.46. The lowest BCUT2D eigenvalue weighted by molar-refractivity contribution is -0.141. The Bertz CT molecular complexity index is 478. The van der Waals surface area contributed by atoms with Gasteiger partial charge in [0.05, 0.1) is 11.7 Å². The molecule has 1 unspecified atom stereocenters. The van der Waals surface area contributed by atoms with Crippen molar-refractivity contribution in [3.05, 3.63) is 23.4 Å². The number of carbonyl (C=O) groups excluding carboxylic acids is 1.